The molecule has 0 aliphatic rings. The van der Waals surface area contributed by atoms with Gasteiger partial charge in [0.15, 0.2) is 0 Å². The normalized spacial score (nSPS) is 10.5. The zero-order valence-electron chi connectivity index (χ0n) is 8.80. The number of benzene rings is 2. The Labute approximate surface area is 94.1 Å². The van der Waals surface area contributed by atoms with E-state index in [4.69, 9.17) is 0 Å². The first-order valence-electron chi connectivity index (χ1n) is 5.32. The van der Waals surface area contributed by atoms with Gasteiger partial charge in [-0.15, -0.1) is 0 Å². The molecule has 0 amide bonds. The van der Waals surface area contributed by atoms with Gasteiger partial charge in [-0.25, -0.2) is 0 Å². The van der Waals surface area contributed by atoms with Crippen molar-refractivity contribution in [1.82, 2.24) is 4.68 Å². The third-order valence-corrected chi connectivity index (χ3v) is 2.62. The minimum absolute atomic E-state index is 1.09. The van der Waals surface area contributed by atoms with Gasteiger partial charge in [0.1, 0.15) is 0 Å². The highest BCUT2D eigenvalue weighted by Crippen LogP contribution is 2.15. The molecule has 0 atom stereocenters. The summed E-state index contributed by atoms with van der Waals surface area (Å²) in [5.74, 6) is 0. The summed E-state index contributed by atoms with van der Waals surface area (Å²) in [4.78, 5) is 0. The standard InChI is InChI=1S/C14H12N2/c1-2-7-13(8-3-1)15-16-11-10-12-6-4-5-9-14(12)16/h1-11,15H. The number of hydrogen-bond donors (Lipinski definition) is 1. The van der Waals surface area contributed by atoms with Crippen molar-refractivity contribution < 1.29 is 0 Å². The van der Waals surface area contributed by atoms with Crippen LogP contribution in [-0.2, 0) is 0 Å². The van der Waals surface area contributed by atoms with Crippen LogP contribution in [0.4, 0.5) is 5.69 Å². The Kier molecular flexibility index (Phi) is 2.11. The van der Waals surface area contributed by atoms with E-state index >= 15 is 0 Å². The minimum atomic E-state index is 1.09. The Bertz CT molecular complexity index is 596. The molecule has 1 heterocycles. The monoisotopic (exact) mass is 208 g/mol. The SMILES string of the molecule is c1ccc(Nn2ccc3ccccc32)cc1. The van der Waals surface area contributed by atoms with Crippen molar-refractivity contribution in [3.8, 4) is 0 Å². The molecular formula is C14H12N2. The van der Waals surface area contributed by atoms with Gasteiger partial charge in [-0.05, 0) is 24.3 Å². The van der Waals surface area contributed by atoms with Gasteiger partial charge in [0.2, 0.25) is 0 Å². The van der Waals surface area contributed by atoms with E-state index < -0.39 is 0 Å². The average Bonchev–Trinajstić information content (AvgIpc) is 2.74. The Morgan fingerprint density at radius 1 is 0.750 bits per heavy atom. The molecule has 3 aromatic rings. The van der Waals surface area contributed by atoms with Gasteiger partial charge in [-0.1, -0.05) is 36.4 Å². The summed E-state index contributed by atoms with van der Waals surface area (Å²) in [7, 11) is 0. The highest BCUT2D eigenvalue weighted by atomic mass is 15.4. The van der Waals surface area contributed by atoms with Gasteiger partial charge in [-0.3, -0.25) is 10.1 Å². The second kappa shape index (κ2) is 3.74. The van der Waals surface area contributed by atoms with Crippen molar-refractivity contribution in [1.29, 1.82) is 0 Å². The molecule has 0 saturated carbocycles. The van der Waals surface area contributed by atoms with Crippen LogP contribution < -0.4 is 5.43 Å². The molecule has 2 heteroatoms. The molecule has 0 fully saturated rings. The molecule has 0 aliphatic carbocycles. The van der Waals surface area contributed by atoms with Gasteiger partial charge < -0.3 is 0 Å². The average molecular weight is 208 g/mol. The van der Waals surface area contributed by atoms with E-state index in [2.05, 4.69) is 41.8 Å². The maximum Gasteiger partial charge on any atom is 0.0696 e. The lowest BCUT2D eigenvalue weighted by Gasteiger charge is -2.08. The molecule has 1 aromatic heterocycles. The van der Waals surface area contributed by atoms with E-state index in [0.717, 1.165) is 5.69 Å². The van der Waals surface area contributed by atoms with Gasteiger partial charge >= 0.3 is 0 Å². The summed E-state index contributed by atoms with van der Waals surface area (Å²) in [5.41, 5.74) is 5.62. The number of nitrogens with zero attached hydrogens (tertiary/aromatic N) is 1. The smallest absolute Gasteiger partial charge is 0.0696 e. The van der Waals surface area contributed by atoms with Crippen LogP contribution in [0, 0.1) is 0 Å². The highest BCUT2D eigenvalue weighted by molar-refractivity contribution is 5.80. The minimum Gasteiger partial charge on any atom is -0.294 e. The number of nitrogens with one attached hydrogen (secondary N) is 1. The second-order valence-corrected chi connectivity index (χ2v) is 3.72. The number of aromatic nitrogens is 1. The molecule has 3 rings (SSSR count). The van der Waals surface area contributed by atoms with E-state index in [1.165, 1.54) is 10.9 Å². The van der Waals surface area contributed by atoms with Crippen molar-refractivity contribution >= 4 is 16.6 Å². The van der Waals surface area contributed by atoms with E-state index in [-0.39, 0.29) is 0 Å². The summed E-state index contributed by atoms with van der Waals surface area (Å²) in [5, 5.41) is 1.24. The van der Waals surface area contributed by atoms with Crippen LogP contribution in [0.1, 0.15) is 0 Å². The van der Waals surface area contributed by atoms with Crippen LogP contribution >= 0.6 is 0 Å². The third-order valence-electron chi connectivity index (χ3n) is 2.62. The van der Waals surface area contributed by atoms with Crippen molar-refractivity contribution in [3.05, 3.63) is 66.9 Å². The first kappa shape index (κ1) is 9.04. The highest BCUT2D eigenvalue weighted by Gasteiger charge is 1.98. The number of hydrogen-bond acceptors (Lipinski definition) is 1. The molecule has 2 nitrogen and oxygen atoms in total. The van der Waals surface area contributed by atoms with Crippen LogP contribution in [-0.4, -0.2) is 4.68 Å². The van der Waals surface area contributed by atoms with Crippen LogP contribution in [0.15, 0.2) is 66.9 Å². The molecule has 0 aliphatic heterocycles. The molecule has 0 spiro atoms. The summed E-state index contributed by atoms with van der Waals surface area (Å²) >= 11 is 0. The molecule has 0 radical (unpaired) electrons. The Hall–Kier alpha value is -2.22. The molecule has 0 unspecified atom stereocenters. The molecule has 0 saturated heterocycles. The van der Waals surface area contributed by atoms with Crippen LogP contribution in [0.5, 0.6) is 0 Å². The summed E-state index contributed by atoms with van der Waals surface area (Å²) in [6, 6.07) is 20.6. The zero-order valence-corrected chi connectivity index (χ0v) is 8.80. The first-order valence-corrected chi connectivity index (χ1v) is 5.32. The fraction of sp³-hybridized carbons (Fsp3) is 0. The molecule has 0 bridgehead atoms. The van der Waals surface area contributed by atoms with Crippen LogP contribution in [0.25, 0.3) is 10.9 Å². The molecular weight excluding hydrogens is 196 g/mol. The number of rotatable bonds is 2. The maximum absolute atomic E-state index is 3.34. The largest absolute Gasteiger partial charge is 0.294 e. The van der Waals surface area contributed by atoms with Crippen molar-refractivity contribution in [2.24, 2.45) is 0 Å². The summed E-state index contributed by atoms with van der Waals surface area (Å²) in [6.45, 7) is 0. The fourth-order valence-electron chi connectivity index (χ4n) is 1.83. The molecule has 16 heavy (non-hydrogen) atoms. The van der Waals surface area contributed by atoms with Gasteiger partial charge in [0, 0.05) is 11.6 Å². The number of anilines is 1. The van der Waals surface area contributed by atoms with Crippen LogP contribution in [0.2, 0.25) is 0 Å². The van der Waals surface area contributed by atoms with E-state index in [1.54, 1.807) is 0 Å². The van der Waals surface area contributed by atoms with Crippen molar-refractivity contribution in [2.75, 3.05) is 5.43 Å². The van der Waals surface area contributed by atoms with E-state index in [1.807, 2.05) is 35.1 Å². The lowest BCUT2D eigenvalue weighted by molar-refractivity contribution is 1.01. The Balaban J connectivity index is 2.01. The van der Waals surface area contributed by atoms with Crippen molar-refractivity contribution in [2.45, 2.75) is 0 Å². The molecule has 1 N–H and O–H groups in total. The van der Waals surface area contributed by atoms with E-state index in [0.29, 0.717) is 0 Å². The lowest BCUT2D eigenvalue weighted by Crippen LogP contribution is -2.06. The van der Waals surface area contributed by atoms with Gasteiger partial charge in [0.25, 0.3) is 0 Å². The second-order valence-electron chi connectivity index (χ2n) is 3.72. The zero-order chi connectivity index (χ0) is 10.8. The van der Waals surface area contributed by atoms with E-state index in [9.17, 15) is 0 Å². The lowest BCUT2D eigenvalue weighted by atomic mass is 10.3. The fourth-order valence-corrected chi connectivity index (χ4v) is 1.83. The van der Waals surface area contributed by atoms with Crippen molar-refractivity contribution in [3.63, 3.8) is 0 Å². The Morgan fingerprint density at radius 2 is 1.50 bits per heavy atom. The van der Waals surface area contributed by atoms with Gasteiger partial charge in [-0.2, -0.15) is 0 Å². The van der Waals surface area contributed by atoms with Crippen LogP contribution in [0.3, 0.4) is 0 Å². The predicted octanol–water partition coefficient (Wildman–Crippen LogP) is 3.52. The third kappa shape index (κ3) is 1.54. The Morgan fingerprint density at radius 3 is 2.38 bits per heavy atom. The topological polar surface area (TPSA) is 17.0 Å². The van der Waals surface area contributed by atoms with Gasteiger partial charge in [0.05, 0.1) is 11.2 Å². The summed E-state index contributed by atoms with van der Waals surface area (Å²) < 4.78 is 2.03. The quantitative estimate of drug-likeness (QED) is 0.681. The molecule has 2 aromatic carbocycles. The summed E-state index contributed by atoms with van der Waals surface area (Å²) in [6.07, 6.45) is 2.04. The number of para-hydroxylation sites is 2. The molecule has 78 valence electrons. The maximum atomic E-state index is 3.34. The predicted molar refractivity (Wildman–Crippen MR) is 67.4 cm³/mol. The number of fused-ring (bicyclic) bond motifs is 1. The first-order chi connectivity index (χ1) is 7.93.